The van der Waals surface area contributed by atoms with E-state index in [0.717, 1.165) is 33.3 Å². The van der Waals surface area contributed by atoms with Crippen molar-refractivity contribution in [3.8, 4) is 11.6 Å². The second-order valence-electron chi connectivity index (χ2n) is 7.90. The second kappa shape index (κ2) is 10.6. The van der Waals surface area contributed by atoms with Crippen molar-refractivity contribution in [2.45, 2.75) is 17.9 Å². The normalized spacial score (nSPS) is 11.0. The van der Waals surface area contributed by atoms with Crippen molar-refractivity contribution in [3.05, 3.63) is 96.0 Å². The van der Waals surface area contributed by atoms with Gasteiger partial charge in [-0.15, -0.1) is 0 Å². The molecule has 0 fully saturated rings. The van der Waals surface area contributed by atoms with Gasteiger partial charge in [0.05, 0.1) is 26.6 Å². The zero-order valence-electron chi connectivity index (χ0n) is 19.7. The highest BCUT2D eigenvalue weighted by Crippen LogP contribution is 2.31. The molecule has 182 valence electrons. The van der Waals surface area contributed by atoms with E-state index in [1.54, 1.807) is 37.6 Å². The summed E-state index contributed by atoms with van der Waals surface area (Å²) in [5.41, 5.74) is 3.46. The van der Waals surface area contributed by atoms with E-state index in [9.17, 15) is 4.39 Å². The standard InChI is InChI=1S/C26H23FN6O2S/c1-34-21-10-23-19(16-33(24(23)28-15-21)36-22-6-4-3-5-7-22)8-17-11-30-26(31-12-17)32-13-18-9-20(27)14-29-25(18)35-2/h3-7,9-12,14-16H,8,13H2,1-2H3,(H,30,31,32). The summed E-state index contributed by atoms with van der Waals surface area (Å²) in [6, 6.07) is 13.5. The fraction of sp³-hybridized carbons (Fsp3) is 0.154. The van der Waals surface area contributed by atoms with Gasteiger partial charge in [0.15, 0.2) is 5.65 Å². The number of halogens is 1. The third kappa shape index (κ3) is 5.23. The van der Waals surface area contributed by atoms with Crippen LogP contribution in [0.5, 0.6) is 11.6 Å². The Morgan fingerprint density at radius 1 is 0.917 bits per heavy atom. The van der Waals surface area contributed by atoms with Gasteiger partial charge in [0.2, 0.25) is 11.8 Å². The summed E-state index contributed by atoms with van der Waals surface area (Å²) in [5.74, 6) is 1.05. The van der Waals surface area contributed by atoms with Crippen LogP contribution in [0, 0.1) is 5.82 Å². The first kappa shape index (κ1) is 23.6. The highest BCUT2D eigenvalue weighted by molar-refractivity contribution is 7.98. The number of aromatic nitrogens is 5. The predicted molar refractivity (Wildman–Crippen MR) is 137 cm³/mol. The lowest BCUT2D eigenvalue weighted by Gasteiger charge is -2.09. The van der Waals surface area contributed by atoms with Crippen molar-refractivity contribution in [2.24, 2.45) is 0 Å². The van der Waals surface area contributed by atoms with Crippen LogP contribution in [0.1, 0.15) is 16.7 Å². The molecule has 8 nitrogen and oxygen atoms in total. The van der Waals surface area contributed by atoms with Crippen LogP contribution in [0.4, 0.5) is 10.3 Å². The van der Waals surface area contributed by atoms with Gasteiger partial charge in [0, 0.05) is 47.4 Å². The average molecular weight is 503 g/mol. The number of pyridine rings is 2. The summed E-state index contributed by atoms with van der Waals surface area (Å²) in [5, 5.41) is 4.09. The number of benzene rings is 1. The largest absolute Gasteiger partial charge is 0.495 e. The Morgan fingerprint density at radius 2 is 1.72 bits per heavy atom. The second-order valence-corrected chi connectivity index (χ2v) is 8.95. The van der Waals surface area contributed by atoms with Gasteiger partial charge in [-0.3, -0.25) is 3.97 Å². The van der Waals surface area contributed by atoms with Gasteiger partial charge < -0.3 is 14.8 Å². The number of hydrogen-bond donors (Lipinski definition) is 1. The summed E-state index contributed by atoms with van der Waals surface area (Å²) in [4.78, 5) is 18.5. The van der Waals surface area contributed by atoms with Gasteiger partial charge in [-0.2, -0.15) is 0 Å². The molecule has 36 heavy (non-hydrogen) atoms. The number of nitrogens with zero attached hydrogens (tertiary/aromatic N) is 5. The number of nitrogens with one attached hydrogen (secondary N) is 1. The maximum atomic E-state index is 13.6. The fourth-order valence-electron chi connectivity index (χ4n) is 3.75. The molecule has 0 bridgehead atoms. The SMILES string of the molecule is COc1cnc2c(c1)c(Cc1cnc(NCc3cc(F)cnc3OC)nc1)cn2Sc1ccccc1. The average Bonchev–Trinajstić information content (AvgIpc) is 3.24. The number of anilines is 1. The van der Waals surface area contributed by atoms with Crippen LogP contribution >= 0.6 is 11.9 Å². The van der Waals surface area contributed by atoms with Crippen LogP contribution in [0.15, 0.2) is 78.3 Å². The van der Waals surface area contributed by atoms with Crippen molar-refractivity contribution >= 4 is 28.9 Å². The van der Waals surface area contributed by atoms with Gasteiger partial charge in [-0.1, -0.05) is 18.2 Å². The summed E-state index contributed by atoms with van der Waals surface area (Å²) in [7, 11) is 3.13. The van der Waals surface area contributed by atoms with Crippen molar-refractivity contribution in [3.63, 3.8) is 0 Å². The third-order valence-corrected chi connectivity index (χ3v) is 6.43. The lowest BCUT2D eigenvalue weighted by Crippen LogP contribution is -2.06. The fourth-order valence-corrected chi connectivity index (χ4v) is 4.67. The van der Waals surface area contributed by atoms with Crippen LogP contribution in [0.2, 0.25) is 0 Å². The minimum Gasteiger partial charge on any atom is -0.495 e. The molecule has 5 rings (SSSR count). The molecule has 0 unspecified atom stereocenters. The molecule has 4 heterocycles. The Morgan fingerprint density at radius 3 is 2.47 bits per heavy atom. The molecular formula is C26H23FN6O2S. The quantitative estimate of drug-likeness (QED) is 0.297. The molecule has 0 saturated carbocycles. The molecule has 0 atom stereocenters. The smallest absolute Gasteiger partial charge is 0.222 e. The predicted octanol–water partition coefficient (Wildman–Crippen LogP) is 5.14. The van der Waals surface area contributed by atoms with E-state index < -0.39 is 5.82 Å². The number of methoxy groups -OCH3 is 2. The van der Waals surface area contributed by atoms with Gasteiger partial charge in [0.1, 0.15) is 11.6 Å². The van der Waals surface area contributed by atoms with Gasteiger partial charge in [-0.05, 0) is 47.3 Å². The maximum absolute atomic E-state index is 13.6. The topological polar surface area (TPSA) is 87.0 Å². The molecule has 0 radical (unpaired) electrons. The minimum absolute atomic E-state index is 0.281. The van der Waals surface area contributed by atoms with Crippen molar-refractivity contribution in [1.29, 1.82) is 0 Å². The van der Waals surface area contributed by atoms with Crippen molar-refractivity contribution < 1.29 is 13.9 Å². The van der Waals surface area contributed by atoms with Gasteiger partial charge in [-0.25, -0.2) is 24.3 Å². The first-order valence-electron chi connectivity index (χ1n) is 11.1. The van der Waals surface area contributed by atoms with Crippen LogP contribution < -0.4 is 14.8 Å². The van der Waals surface area contributed by atoms with E-state index in [-0.39, 0.29) is 6.54 Å². The van der Waals surface area contributed by atoms with E-state index in [1.165, 1.54) is 13.2 Å². The molecule has 0 aliphatic heterocycles. The molecule has 0 amide bonds. The van der Waals surface area contributed by atoms with Crippen LogP contribution in [-0.4, -0.2) is 38.1 Å². The van der Waals surface area contributed by atoms with Crippen LogP contribution in [-0.2, 0) is 13.0 Å². The van der Waals surface area contributed by atoms with Crippen LogP contribution in [0.3, 0.4) is 0 Å². The molecular weight excluding hydrogens is 479 g/mol. The summed E-state index contributed by atoms with van der Waals surface area (Å²) in [6.07, 6.45) is 9.10. The number of rotatable bonds is 9. The van der Waals surface area contributed by atoms with E-state index in [0.29, 0.717) is 29.6 Å². The van der Waals surface area contributed by atoms with E-state index in [1.807, 2.05) is 24.3 Å². The summed E-state index contributed by atoms with van der Waals surface area (Å²) < 4.78 is 26.2. The first-order valence-corrected chi connectivity index (χ1v) is 11.9. The highest BCUT2D eigenvalue weighted by Gasteiger charge is 2.14. The Balaban J connectivity index is 1.35. The zero-order valence-corrected chi connectivity index (χ0v) is 20.5. The molecule has 0 saturated heterocycles. The van der Waals surface area contributed by atoms with Crippen molar-refractivity contribution in [2.75, 3.05) is 19.5 Å². The molecule has 0 aliphatic carbocycles. The Hall–Kier alpha value is -4.18. The monoisotopic (exact) mass is 502 g/mol. The van der Waals surface area contributed by atoms with Gasteiger partial charge in [0.25, 0.3) is 0 Å². The molecule has 0 aliphatic rings. The maximum Gasteiger partial charge on any atom is 0.222 e. The molecule has 4 aromatic heterocycles. The zero-order chi connectivity index (χ0) is 24.9. The number of fused-ring (bicyclic) bond motifs is 1. The molecule has 1 aromatic carbocycles. The molecule has 5 aromatic rings. The van der Waals surface area contributed by atoms with E-state index in [4.69, 9.17) is 9.47 Å². The van der Waals surface area contributed by atoms with E-state index >= 15 is 0 Å². The lowest BCUT2D eigenvalue weighted by atomic mass is 10.1. The molecule has 10 heteroatoms. The molecule has 0 spiro atoms. The summed E-state index contributed by atoms with van der Waals surface area (Å²) in [6.45, 7) is 0.281. The highest BCUT2D eigenvalue weighted by atomic mass is 32.2. The first-order chi connectivity index (χ1) is 17.6. The van der Waals surface area contributed by atoms with Crippen LogP contribution in [0.25, 0.3) is 11.0 Å². The number of hydrogen-bond acceptors (Lipinski definition) is 8. The van der Waals surface area contributed by atoms with Crippen molar-refractivity contribution in [1.82, 2.24) is 23.9 Å². The Kier molecular flexibility index (Phi) is 6.94. The number of ether oxygens (including phenoxy) is 2. The van der Waals surface area contributed by atoms with E-state index in [2.05, 4.69) is 47.6 Å². The molecule has 1 N–H and O–H groups in total. The lowest BCUT2D eigenvalue weighted by molar-refractivity contribution is 0.391. The Labute approximate surface area is 211 Å². The third-order valence-electron chi connectivity index (χ3n) is 5.47. The summed E-state index contributed by atoms with van der Waals surface area (Å²) >= 11 is 1.60. The van der Waals surface area contributed by atoms with Gasteiger partial charge >= 0.3 is 0 Å². The Bertz CT molecular complexity index is 1480. The minimum atomic E-state index is -0.431.